The molecule has 0 bridgehead atoms. The van der Waals surface area contributed by atoms with Gasteiger partial charge in [-0.2, -0.15) is 0 Å². The van der Waals surface area contributed by atoms with Crippen LogP contribution in [-0.2, 0) is 10.0 Å². The summed E-state index contributed by atoms with van der Waals surface area (Å²) in [6, 6.07) is 14.5. The molecule has 0 fully saturated rings. The third-order valence-corrected chi connectivity index (χ3v) is 6.31. The molecule has 0 radical (unpaired) electrons. The van der Waals surface area contributed by atoms with E-state index in [2.05, 4.69) is 9.71 Å². The first-order valence-corrected chi connectivity index (χ1v) is 10.6. The largest absolute Gasteiger partial charge is 0.306 e. The SMILES string of the molecule is Cc1ccc([N+](=O)[O-])cc1S(=O)(=O)Nc1ccc(-c2cn3cccc(C)c3n2)cc1. The number of nitro benzene ring substituents is 1. The topological polar surface area (TPSA) is 107 Å². The first kappa shape index (κ1) is 19.6. The fourth-order valence-corrected chi connectivity index (χ4v) is 4.53. The molecular formula is C21H18N4O4S. The van der Waals surface area contributed by atoms with Crippen LogP contribution in [-0.4, -0.2) is 22.7 Å². The number of rotatable bonds is 5. The van der Waals surface area contributed by atoms with Gasteiger partial charge in [0, 0.05) is 35.8 Å². The molecule has 4 aromatic rings. The van der Waals surface area contributed by atoms with Crippen LogP contribution in [0.3, 0.4) is 0 Å². The van der Waals surface area contributed by atoms with Gasteiger partial charge in [0.1, 0.15) is 5.65 Å². The van der Waals surface area contributed by atoms with Crippen molar-refractivity contribution >= 4 is 27.0 Å². The van der Waals surface area contributed by atoms with Crippen molar-refractivity contribution in [2.75, 3.05) is 4.72 Å². The highest BCUT2D eigenvalue weighted by atomic mass is 32.2. The Morgan fingerprint density at radius 2 is 1.77 bits per heavy atom. The lowest BCUT2D eigenvalue weighted by atomic mass is 10.1. The molecule has 2 aromatic carbocycles. The van der Waals surface area contributed by atoms with Crippen LogP contribution >= 0.6 is 0 Å². The maximum absolute atomic E-state index is 12.8. The number of hydrogen-bond donors (Lipinski definition) is 1. The Morgan fingerprint density at radius 3 is 2.43 bits per heavy atom. The zero-order chi connectivity index (χ0) is 21.5. The summed E-state index contributed by atoms with van der Waals surface area (Å²) in [5.74, 6) is 0. The number of anilines is 1. The van der Waals surface area contributed by atoms with Crippen molar-refractivity contribution in [1.82, 2.24) is 9.38 Å². The van der Waals surface area contributed by atoms with E-state index in [0.29, 0.717) is 11.3 Å². The number of imidazole rings is 1. The molecule has 0 unspecified atom stereocenters. The molecule has 0 spiro atoms. The quantitative estimate of drug-likeness (QED) is 0.381. The second kappa shape index (κ2) is 7.27. The zero-order valence-electron chi connectivity index (χ0n) is 16.2. The summed E-state index contributed by atoms with van der Waals surface area (Å²) in [6.07, 6.45) is 3.83. The van der Waals surface area contributed by atoms with Gasteiger partial charge in [-0.25, -0.2) is 13.4 Å². The number of aryl methyl sites for hydroxylation is 2. The van der Waals surface area contributed by atoms with Gasteiger partial charge in [-0.3, -0.25) is 14.8 Å². The standard InChI is InChI=1S/C21H18N4O4S/c1-14-5-10-18(25(26)27)12-20(14)30(28,29)23-17-8-6-16(7-9-17)19-13-24-11-3-4-15(2)21(24)22-19/h3-13,23H,1-2H3. The Morgan fingerprint density at radius 1 is 1.03 bits per heavy atom. The molecular weight excluding hydrogens is 404 g/mol. The molecule has 0 saturated carbocycles. The minimum absolute atomic E-state index is 0.128. The molecule has 8 nitrogen and oxygen atoms in total. The van der Waals surface area contributed by atoms with Gasteiger partial charge in [0.15, 0.2) is 0 Å². The lowest BCUT2D eigenvalue weighted by Crippen LogP contribution is -2.14. The van der Waals surface area contributed by atoms with Crippen molar-refractivity contribution < 1.29 is 13.3 Å². The van der Waals surface area contributed by atoms with Crippen LogP contribution in [0.15, 0.2) is 71.9 Å². The Bertz CT molecular complexity index is 1380. The van der Waals surface area contributed by atoms with Crippen LogP contribution in [0.25, 0.3) is 16.9 Å². The molecule has 0 aliphatic heterocycles. The number of nitrogens with zero attached hydrogens (tertiary/aromatic N) is 3. The van der Waals surface area contributed by atoms with Crippen molar-refractivity contribution in [2.24, 2.45) is 0 Å². The van der Waals surface area contributed by atoms with Crippen molar-refractivity contribution in [3.05, 3.63) is 88.2 Å². The molecule has 4 rings (SSSR count). The van der Waals surface area contributed by atoms with Gasteiger partial charge in [-0.15, -0.1) is 0 Å². The smallest absolute Gasteiger partial charge is 0.270 e. The van der Waals surface area contributed by atoms with Crippen LogP contribution in [0.4, 0.5) is 11.4 Å². The minimum Gasteiger partial charge on any atom is -0.306 e. The molecule has 9 heteroatoms. The van der Waals surface area contributed by atoms with Gasteiger partial charge < -0.3 is 4.40 Å². The first-order valence-electron chi connectivity index (χ1n) is 9.07. The highest BCUT2D eigenvalue weighted by molar-refractivity contribution is 7.92. The molecule has 0 aliphatic rings. The van der Waals surface area contributed by atoms with Crippen molar-refractivity contribution in [2.45, 2.75) is 18.7 Å². The number of benzene rings is 2. The van der Waals surface area contributed by atoms with Crippen LogP contribution in [0.1, 0.15) is 11.1 Å². The number of aromatic nitrogens is 2. The average Bonchev–Trinajstić information content (AvgIpc) is 3.14. The van der Waals surface area contributed by atoms with Gasteiger partial charge in [0.2, 0.25) is 0 Å². The van der Waals surface area contributed by atoms with Gasteiger partial charge >= 0.3 is 0 Å². The van der Waals surface area contributed by atoms with Crippen molar-refractivity contribution in [3.63, 3.8) is 0 Å². The predicted octanol–water partition coefficient (Wildman–Crippen LogP) is 4.33. The molecule has 0 saturated heterocycles. The van der Waals surface area contributed by atoms with Gasteiger partial charge in [-0.05, 0) is 43.2 Å². The Balaban J connectivity index is 1.62. The summed E-state index contributed by atoms with van der Waals surface area (Å²) in [4.78, 5) is 14.9. The first-order chi connectivity index (χ1) is 14.2. The second-order valence-electron chi connectivity index (χ2n) is 6.94. The minimum atomic E-state index is -3.98. The molecule has 0 amide bonds. The van der Waals surface area contributed by atoms with E-state index in [1.54, 1.807) is 31.2 Å². The summed E-state index contributed by atoms with van der Waals surface area (Å²) in [7, 11) is -3.98. The molecule has 2 heterocycles. The highest BCUT2D eigenvalue weighted by Gasteiger charge is 2.20. The summed E-state index contributed by atoms with van der Waals surface area (Å²) in [5.41, 5.74) is 4.02. The molecule has 0 atom stereocenters. The number of hydrogen-bond acceptors (Lipinski definition) is 5. The number of nitro groups is 1. The molecule has 30 heavy (non-hydrogen) atoms. The van der Waals surface area contributed by atoms with Crippen molar-refractivity contribution in [1.29, 1.82) is 0 Å². The predicted molar refractivity (Wildman–Crippen MR) is 114 cm³/mol. The zero-order valence-corrected chi connectivity index (χ0v) is 17.1. The molecule has 152 valence electrons. The van der Waals surface area contributed by atoms with Crippen LogP contribution in [0, 0.1) is 24.0 Å². The second-order valence-corrected chi connectivity index (χ2v) is 8.59. The average molecular weight is 422 g/mol. The fourth-order valence-electron chi connectivity index (χ4n) is 3.20. The molecule has 2 aromatic heterocycles. The summed E-state index contributed by atoms with van der Waals surface area (Å²) >= 11 is 0. The maximum atomic E-state index is 12.8. The lowest BCUT2D eigenvalue weighted by Gasteiger charge is -2.10. The number of pyridine rings is 1. The number of non-ortho nitro benzene ring substituents is 1. The number of sulfonamides is 1. The Hall–Kier alpha value is -3.72. The number of nitrogens with one attached hydrogen (secondary N) is 1. The Labute approximate surface area is 173 Å². The van der Waals surface area contributed by atoms with E-state index in [-0.39, 0.29) is 10.6 Å². The van der Waals surface area contributed by atoms with Gasteiger partial charge in [0.05, 0.1) is 15.5 Å². The van der Waals surface area contributed by atoms with E-state index in [0.717, 1.165) is 28.5 Å². The van der Waals surface area contributed by atoms with E-state index in [4.69, 9.17) is 0 Å². The summed E-state index contributed by atoms with van der Waals surface area (Å²) in [6.45, 7) is 3.58. The normalized spacial score (nSPS) is 11.5. The third kappa shape index (κ3) is 3.62. The fraction of sp³-hybridized carbons (Fsp3) is 0.0952. The van der Waals surface area contributed by atoms with E-state index in [1.807, 2.05) is 35.9 Å². The maximum Gasteiger partial charge on any atom is 0.270 e. The van der Waals surface area contributed by atoms with E-state index >= 15 is 0 Å². The number of fused-ring (bicyclic) bond motifs is 1. The van der Waals surface area contributed by atoms with Crippen LogP contribution in [0.2, 0.25) is 0 Å². The Kier molecular flexibility index (Phi) is 4.75. The van der Waals surface area contributed by atoms with E-state index in [1.165, 1.54) is 12.1 Å². The van der Waals surface area contributed by atoms with Crippen LogP contribution in [0.5, 0.6) is 0 Å². The summed E-state index contributed by atoms with van der Waals surface area (Å²) < 4.78 is 29.9. The lowest BCUT2D eigenvalue weighted by molar-refractivity contribution is -0.385. The highest BCUT2D eigenvalue weighted by Crippen LogP contribution is 2.26. The summed E-state index contributed by atoms with van der Waals surface area (Å²) in [5, 5.41) is 11.0. The monoisotopic (exact) mass is 422 g/mol. The van der Waals surface area contributed by atoms with E-state index < -0.39 is 14.9 Å². The molecule has 0 aliphatic carbocycles. The van der Waals surface area contributed by atoms with Gasteiger partial charge in [-0.1, -0.05) is 24.3 Å². The van der Waals surface area contributed by atoms with Crippen molar-refractivity contribution in [3.8, 4) is 11.3 Å². The van der Waals surface area contributed by atoms with E-state index in [9.17, 15) is 18.5 Å². The molecule has 1 N–H and O–H groups in total. The van der Waals surface area contributed by atoms with Gasteiger partial charge in [0.25, 0.3) is 15.7 Å². The van der Waals surface area contributed by atoms with Crippen LogP contribution < -0.4 is 4.72 Å². The third-order valence-electron chi connectivity index (χ3n) is 4.78.